The summed E-state index contributed by atoms with van der Waals surface area (Å²) in [7, 11) is 0. The van der Waals surface area contributed by atoms with E-state index >= 15 is 0 Å². The van der Waals surface area contributed by atoms with E-state index in [4.69, 9.17) is 4.74 Å². The molecule has 0 saturated carbocycles. The van der Waals surface area contributed by atoms with Gasteiger partial charge in [0.05, 0.1) is 11.9 Å². The van der Waals surface area contributed by atoms with Crippen molar-refractivity contribution in [2.45, 2.75) is 39.0 Å². The molecule has 0 bridgehead atoms. The van der Waals surface area contributed by atoms with Gasteiger partial charge in [0.1, 0.15) is 17.9 Å². The number of para-hydroxylation sites is 1. The molecule has 5 aromatic rings. The van der Waals surface area contributed by atoms with Gasteiger partial charge in [-0.2, -0.15) is 18.3 Å². The Balaban J connectivity index is 1.34. The minimum Gasteiger partial charge on any atom is -0.488 e. The number of ether oxygens (including phenoxy) is 1. The van der Waals surface area contributed by atoms with E-state index in [9.17, 15) is 23.1 Å². The third-order valence-electron chi connectivity index (χ3n) is 6.84. The minimum absolute atomic E-state index is 0.170. The summed E-state index contributed by atoms with van der Waals surface area (Å²) in [4.78, 5) is 15.8. The molecule has 2 heterocycles. The van der Waals surface area contributed by atoms with Crippen molar-refractivity contribution in [2.75, 3.05) is 0 Å². The van der Waals surface area contributed by atoms with E-state index in [1.54, 1.807) is 30.3 Å². The number of aromatic carboxylic acids is 1. The molecule has 9 heteroatoms. The largest absolute Gasteiger partial charge is 0.488 e. The number of carbonyl (C=O) groups is 1. The van der Waals surface area contributed by atoms with Crippen molar-refractivity contribution in [2.24, 2.45) is 0 Å². The quantitative estimate of drug-likeness (QED) is 0.183. The van der Waals surface area contributed by atoms with Gasteiger partial charge >= 0.3 is 12.1 Å². The second-order valence-corrected chi connectivity index (χ2v) is 9.78. The van der Waals surface area contributed by atoms with E-state index in [1.807, 2.05) is 24.3 Å². The molecule has 5 rings (SSSR count). The zero-order valence-electron chi connectivity index (χ0n) is 22.8. The second kappa shape index (κ2) is 12.3. The van der Waals surface area contributed by atoms with Crippen molar-refractivity contribution < 1.29 is 27.8 Å². The maximum atomic E-state index is 13.7. The predicted molar refractivity (Wildman–Crippen MR) is 154 cm³/mol. The first-order chi connectivity index (χ1) is 20.2. The van der Waals surface area contributed by atoms with Crippen LogP contribution in [-0.2, 0) is 19.2 Å². The van der Waals surface area contributed by atoms with Crippen molar-refractivity contribution >= 4 is 5.97 Å². The normalized spacial score (nSPS) is 11.4. The number of hydrogen-bond acceptors (Lipinski definition) is 4. The summed E-state index contributed by atoms with van der Waals surface area (Å²) in [6.45, 7) is 2.46. The Kier molecular flexibility index (Phi) is 8.38. The molecular formula is C33H28F3N3O3. The molecule has 0 aliphatic carbocycles. The topological polar surface area (TPSA) is 77.2 Å². The molecule has 3 aromatic carbocycles. The number of rotatable bonds is 10. The molecule has 0 atom stereocenters. The van der Waals surface area contributed by atoms with Crippen LogP contribution >= 0.6 is 0 Å². The third-order valence-corrected chi connectivity index (χ3v) is 6.84. The van der Waals surface area contributed by atoms with Crippen LogP contribution in [0.15, 0.2) is 97.2 Å². The monoisotopic (exact) mass is 571 g/mol. The summed E-state index contributed by atoms with van der Waals surface area (Å²) in [6.07, 6.45) is -0.851. The summed E-state index contributed by atoms with van der Waals surface area (Å²) in [5, 5.41) is 12.9. The van der Waals surface area contributed by atoms with E-state index in [1.165, 1.54) is 30.5 Å². The van der Waals surface area contributed by atoms with E-state index < -0.39 is 23.4 Å². The molecule has 0 fully saturated rings. The fourth-order valence-corrected chi connectivity index (χ4v) is 4.65. The molecule has 0 unspecified atom stereocenters. The molecule has 2 aromatic heterocycles. The van der Waals surface area contributed by atoms with Gasteiger partial charge in [-0.15, -0.1) is 0 Å². The smallest absolute Gasteiger partial charge is 0.434 e. The van der Waals surface area contributed by atoms with Crippen LogP contribution < -0.4 is 4.74 Å². The number of carboxylic acid groups (broad SMARTS) is 1. The van der Waals surface area contributed by atoms with Crippen molar-refractivity contribution in [1.29, 1.82) is 0 Å². The van der Waals surface area contributed by atoms with Gasteiger partial charge in [-0.3, -0.25) is 0 Å². The van der Waals surface area contributed by atoms with Crippen molar-refractivity contribution in [1.82, 2.24) is 14.8 Å². The lowest BCUT2D eigenvalue weighted by Gasteiger charge is -2.14. The van der Waals surface area contributed by atoms with E-state index in [-0.39, 0.29) is 12.4 Å². The second-order valence-electron chi connectivity index (χ2n) is 9.78. The van der Waals surface area contributed by atoms with Gasteiger partial charge in [-0.1, -0.05) is 80.1 Å². The van der Waals surface area contributed by atoms with Gasteiger partial charge in [0.2, 0.25) is 0 Å². The Morgan fingerprint density at radius 1 is 0.881 bits per heavy atom. The Hall–Kier alpha value is -4.92. The summed E-state index contributed by atoms with van der Waals surface area (Å²) >= 11 is 0. The zero-order valence-corrected chi connectivity index (χ0v) is 22.8. The highest BCUT2D eigenvalue weighted by Crippen LogP contribution is 2.35. The maximum absolute atomic E-state index is 13.7. The first-order valence-electron chi connectivity index (χ1n) is 13.5. The lowest BCUT2D eigenvalue weighted by molar-refractivity contribution is -0.143. The van der Waals surface area contributed by atoms with Gasteiger partial charge in [-0.25, -0.2) is 14.5 Å². The number of alkyl halides is 3. The standard InChI is InChI=1S/C33H28F3N3O3/c1-2-3-7-22-12-16-24(17-13-22)25-18-14-23(15-19-25)21-42-29-10-5-4-8-26(29)28-9-6-11-30(38-28)39-31(33(34,35)36)27(20-37-39)32(40)41/h4-6,8-20H,2-3,7,21H2,1H3,(H,40,41). The zero-order chi connectivity index (χ0) is 29.7. The van der Waals surface area contributed by atoms with Crippen LogP contribution in [0.2, 0.25) is 0 Å². The van der Waals surface area contributed by atoms with Gasteiger partial charge in [0.15, 0.2) is 11.5 Å². The number of hydrogen-bond donors (Lipinski definition) is 1. The molecule has 0 spiro atoms. The SMILES string of the molecule is CCCCc1ccc(-c2ccc(COc3ccccc3-c3cccc(-n4ncc(C(=O)O)c4C(F)(F)F)n3)cc2)cc1. The third kappa shape index (κ3) is 6.35. The number of halogens is 3. The van der Waals surface area contributed by atoms with Crippen molar-refractivity contribution in [3.8, 4) is 34.0 Å². The first kappa shape index (κ1) is 28.6. The first-order valence-corrected chi connectivity index (χ1v) is 13.5. The van der Waals surface area contributed by atoms with Crippen molar-refractivity contribution in [3.63, 3.8) is 0 Å². The average molecular weight is 572 g/mol. The summed E-state index contributed by atoms with van der Waals surface area (Å²) in [6, 6.07) is 28.3. The van der Waals surface area contributed by atoms with Crippen LogP contribution in [0.25, 0.3) is 28.2 Å². The van der Waals surface area contributed by atoms with Crippen LogP contribution in [0.4, 0.5) is 13.2 Å². The van der Waals surface area contributed by atoms with E-state index in [0.717, 1.165) is 23.1 Å². The molecule has 0 amide bonds. The van der Waals surface area contributed by atoms with Crippen LogP contribution in [0.3, 0.4) is 0 Å². The maximum Gasteiger partial charge on any atom is 0.434 e. The number of nitrogens with zero attached hydrogens (tertiary/aromatic N) is 3. The minimum atomic E-state index is -4.95. The summed E-state index contributed by atoms with van der Waals surface area (Å²) in [5.74, 6) is -1.40. The highest BCUT2D eigenvalue weighted by molar-refractivity contribution is 5.89. The van der Waals surface area contributed by atoms with Gasteiger partial charge in [0, 0.05) is 5.56 Å². The van der Waals surface area contributed by atoms with Gasteiger partial charge in [-0.05, 0) is 59.4 Å². The highest BCUT2D eigenvalue weighted by Gasteiger charge is 2.41. The fourth-order valence-electron chi connectivity index (χ4n) is 4.65. The number of benzene rings is 3. The molecule has 214 valence electrons. The molecule has 0 aliphatic heterocycles. The average Bonchev–Trinajstić information content (AvgIpc) is 3.47. The highest BCUT2D eigenvalue weighted by atomic mass is 19.4. The molecule has 0 aliphatic rings. The fraction of sp³-hybridized carbons (Fsp3) is 0.182. The summed E-state index contributed by atoms with van der Waals surface area (Å²) in [5.41, 5.74) is 3.08. The Labute approximate surface area is 241 Å². The molecule has 1 N–H and O–H groups in total. The van der Waals surface area contributed by atoms with Gasteiger partial charge < -0.3 is 9.84 Å². The van der Waals surface area contributed by atoms with Crippen LogP contribution in [0.1, 0.15) is 46.9 Å². The van der Waals surface area contributed by atoms with Crippen molar-refractivity contribution in [3.05, 3.63) is 120 Å². The number of aromatic nitrogens is 3. The molecule has 0 saturated heterocycles. The van der Waals surface area contributed by atoms with Crippen LogP contribution in [-0.4, -0.2) is 25.8 Å². The molecular weight excluding hydrogens is 543 g/mol. The molecule has 42 heavy (non-hydrogen) atoms. The number of aryl methyl sites for hydroxylation is 1. The molecule has 6 nitrogen and oxygen atoms in total. The van der Waals surface area contributed by atoms with E-state index in [2.05, 4.69) is 41.3 Å². The van der Waals surface area contributed by atoms with Crippen LogP contribution in [0, 0.1) is 0 Å². The lowest BCUT2D eigenvalue weighted by atomic mass is 10.0. The predicted octanol–water partition coefficient (Wildman–Crippen LogP) is 8.24. The summed E-state index contributed by atoms with van der Waals surface area (Å²) < 4.78 is 47.8. The number of unbranched alkanes of at least 4 members (excludes halogenated alkanes) is 1. The molecule has 0 radical (unpaired) electrons. The lowest BCUT2D eigenvalue weighted by Crippen LogP contribution is -2.18. The number of pyridine rings is 1. The van der Waals surface area contributed by atoms with Crippen LogP contribution in [0.5, 0.6) is 5.75 Å². The Morgan fingerprint density at radius 3 is 2.19 bits per heavy atom. The Morgan fingerprint density at radius 2 is 1.55 bits per heavy atom. The van der Waals surface area contributed by atoms with Gasteiger partial charge in [0.25, 0.3) is 0 Å². The Bertz CT molecular complexity index is 1680. The van der Waals surface area contributed by atoms with E-state index in [0.29, 0.717) is 27.9 Å². The number of carboxylic acids is 1.